The van der Waals surface area contributed by atoms with E-state index in [2.05, 4.69) is 23.9 Å². The van der Waals surface area contributed by atoms with Gasteiger partial charge < -0.3 is 5.32 Å². The molecule has 1 atom stereocenters. The fourth-order valence-corrected chi connectivity index (χ4v) is 2.42. The zero-order chi connectivity index (χ0) is 13.5. The van der Waals surface area contributed by atoms with Crippen molar-refractivity contribution in [2.24, 2.45) is 0 Å². The number of thioether (sulfide) groups is 1. The molecule has 0 radical (unpaired) electrons. The maximum Gasteiger partial charge on any atom is 0.287 e. The number of hydrogen-bond acceptors (Lipinski definition) is 4. The molecule has 0 saturated carbocycles. The summed E-state index contributed by atoms with van der Waals surface area (Å²) in [6.45, 7) is 6.03. The Labute approximate surface area is 116 Å². The Morgan fingerprint density at radius 2 is 2.44 bits per heavy atom. The Morgan fingerprint density at radius 3 is 3.00 bits per heavy atom. The van der Waals surface area contributed by atoms with Crippen LogP contribution in [0.1, 0.15) is 13.3 Å². The number of anilines is 1. The van der Waals surface area contributed by atoms with Gasteiger partial charge in [-0.25, -0.2) is 4.68 Å². The normalized spacial score (nSPS) is 12.2. The molecule has 1 heterocycles. The number of halogens is 1. The molecule has 18 heavy (non-hydrogen) atoms. The summed E-state index contributed by atoms with van der Waals surface area (Å²) in [7, 11) is 0. The quantitative estimate of drug-likeness (QED) is 0.783. The lowest BCUT2D eigenvalue weighted by Gasteiger charge is -2.17. The van der Waals surface area contributed by atoms with Gasteiger partial charge in [0.1, 0.15) is 5.02 Å². The van der Waals surface area contributed by atoms with E-state index in [-0.39, 0.29) is 16.6 Å². The Hall–Kier alpha value is -0.940. The predicted octanol–water partition coefficient (Wildman–Crippen LogP) is 2.64. The molecule has 100 valence electrons. The van der Waals surface area contributed by atoms with Gasteiger partial charge in [0.15, 0.2) is 0 Å². The molecule has 0 spiro atoms. The third kappa shape index (κ3) is 3.78. The van der Waals surface area contributed by atoms with Crippen LogP contribution in [0.2, 0.25) is 5.02 Å². The molecule has 1 aromatic heterocycles. The minimum atomic E-state index is -0.291. The lowest BCUT2D eigenvalue weighted by atomic mass is 10.2. The number of allylic oxidation sites excluding steroid dienone is 1. The van der Waals surface area contributed by atoms with E-state index < -0.39 is 0 Å². The maximum absolute atomic E-state index is 11.9. The molecule has 1 aromatic rings. The molecule has 0 saturated heterocycles. The first-order valence-electron chi connectivity index (χ1n) is 5.76. The monoisotopic (exact) mass is 287 g/mol. The third-order valence-electron chi connectivity index (χ3n) is 2.51. The van der Waals surface area contributed by atoms with Crippen LogP contribution in [-0.2, 0) is 6.54 Å². The van der Waals surface area contributed by atoms with Gasteiger partial charge in [-0.3, -0.25) is 4.79 Å². The second-order valence-corrected chi connectivity index (χ2v) is 5.14. The van der Waals surface area contributed by atoms with Crippen LogP contribution in [0.4, 0.5) is 5.69 Å². The summed E-state index contributed by atoms with van der Waals surface area (Å²) in [6.07, 6.45) is 6.22. The highest BCUT2D eigenvalue weighted by molar-refractivity contribution is 7.98. The van der Waals surface area contributed by atoms with Gasteiger partial charge in [-0.15, -0.1) is 6.58 Å². The first-order valence-corrected chi connectivity index (χ1v) is 7.53. The van der Waals surface area contributed by atoms with Crippen LogP contribution in [0.15, 0.2) is 23.6 Å². The number of hydrogen-bond donors (Lipinski definition) is 1. The highest BCUT2D eigenvalue weighted by atomic mass is 35.5. The van der Waals surface area contributed by atoms with E-state index in [1.807, 2.05) is 6.26 Å². The predicted molar refractivity (Wildman–Crippen MR) is 79.8 cm³/mol. The lowest BCUT2D eigenvalue weighted by molar-refractivity contribution is 0.651. The van der Waals surface area contributed by atoms with Gasteiger partial charge in [-0.1, -0.05) is 24.6 Å². The first kappa shape index (κ1) is 15.1. The number of nitrogens with zero attached hydrogens (tertiary/aromatic N) is 2. The zero-order valence-corrected chi connectivity index (χ0v) is 12.2. The van der Waals surface area contributed by atoms with Gasteiger partial charge in [0, 0.05) is 11.8 Å². The van der Waals surface area contributed by atoms with Gasteiger partial charge in [-0.2, -0.15) is 16.9 Å². The summed E-state index contributed by atoms with van der Waals surface area (Å²) in [6, 6.07) is 0.286. The van der Waals surface area contributed by atoms with Crippen LogP contribution in [0.5, 0.6) is 0 Å². The summed E-state index contributed by atoms with van der Waals surface area (Å²) < 4.78 is 1.29. The largest absolute Gasteiger partial charge is 0.379 e. The molecule has 0 aliphatic rings. The van der Waals surface area contributed by atoms with Crippen molar-refractivity contribution < 1.29 is 0 Å². The molecule has 1 N–H and O–H groups in total. The van der Waals surface area contributed by atoms with Crippen molar-refractivity contribution in [2.75, 3.05) is 17.3 Å². The van der Waals surface area contributed by atoms with Crippen LogP contribution in [0.3, 0.4) is 0 Å². The van der Waals surface area contributed by atoms with E-state index in [0.717, 1.165) is 12.2 Å². The lowest BCUT2D eigenvalue weighted by Crippen LogP contribution is -2.27. The summed E-state index contributed by atoms with van der Waals surface area (Å²) in [5.74, 6) is 0.961. The van der Waals surface area contributed by atoms with Crippen molar-refractivity contribution in [2.45, 2.75) is 25.9 Å². The molecule has 6 heteroatoms. The molecule has 4 nitrogen and oxygen atoms in total. The topological polar surface area (TPSA) is 46.9 Å². The van der Waals surface area contributed by atoms with E-state index in [4.69, 9.17) is 11.6 Å². The number of aromatic nitrogens is 2. The highest BCUT2D eigenvalue weighted by Gasteiger charge is 2.12. The van der Waals surface area contributed by atoms with Crippen LogP contribution in [0.25, 0.3) is 0 Å². The summed E-state index contributed by atoms with van der Waals surface area (Å²) in [5, 5.41) is 7.50. The van der Waals surface area contributed by atoms with Crippen LogP contribution < -0.4 is 10.9 Å². The smallest absolute Gasteiger partial charge is 0.287 e. The van der Waals surface area contributed by atoms with Crippen LogP contribution >= 0.6 is 23.4 Å². The van der Waals surface area contributed by atoms with Crippen molar-refractivity contribution in [3.8, 4) is 0 Å². The molecular weight excluding hydrogens is 270 g/mol. The van der Waals surface area contributed by atoms with Crippen LogP contribution in [0, 0.1) is 0 Å². The Morgan fingerprint density at radius 1 is 1.72 bits per heavy atom. The van der Waals surface area contributed by atoms with Gasteiger partial charge >= 0.3 is 0 Å². The SMILES string of the molecule is C=CCn1ncc(NC(CC)CSC)c(Cl)c1=O. The molecule has 0 aliphatic carbocycles. The Kier molecular flexibility index (Phi) is 6.29. The van der Waals surface area contributed by atoms with Crippen molar-refractivity contribution in [1.29, 1.82) is 0 Å². The van der Waals surface area contributed by atoms with E-state index in [1.165, 1.54) is 4.68 Å². The van der Waals surface area contributed by atoms with E-state index in [0.29, 0.717) is 12.2 Å². The van der Waals surface area contributed by atoms with E-state index in [9.17, 15) is 4.79 Å². The molecule has 0 aliphatic heterocycles. The summed E-state index contributed by atoms with van der Waals surface area (Å²) in [5.41, 5.74) is 0.309. The Bertz CT molecular complexity index is 461. The van der Waals surface area contributed by atoms with Gasteiger partial charge in [0.05, 0.1) is 18.4 Å². The Balaban J connectivity index is 2.94. The molecular formula is C12H18ClN3OS. The molecule has 1 unspecified atom stereocenters. The fourth-order valence-electron chi connectivity index (χ4n) is 1.50. The molecule has 1 rings (SSSR count). The average molecular weight is 288 g/mol. The highest BCUT2D eigenvalue weighted by Crippen LogP contribution is 2.18. The minimum Gasteiger partial charge on any atom is -0.379 e. The van der Waals surface area contributed by atoms with E-state index >= 15 is 0 Å². The molecule has 0 bridgehead atoms. The minimum absolute atomic E-state index is 0.186. The standard InChI is InChI=1S/C12H18ClN3OS/c1-4-6-16-12(17)11(13)10(7-14-16)15-9(5-2)8-18-3/h4,7,9,15H,1,5-6,8H2,2-3H3. The second kappa shape index (κ2) is 7.48. The molecule has 0 amide bonds. The molecule has 0 aromatic carbocycles. The zero-order valence-electron chi connectivity index (χ0n) is 10.6. The van der Waals surface area contributed by atoms with Crippen molar-refractivity contribution in [3.05, 3.63) is 34.2 Å². The summed E-state index contributed by atoms with van der Waals surface area (Å²) >= 11 is 7.81. The third-order valence-corrected chi connectivity index (χ3v) is 3.61. The van der Waals surface area contributed by atoms with Gasteiger partial charge in [0.2, 0.25) is 0 Å². The number of nitrogens with one attached hydrogen (secondary N) is 1. The summed E-state index contributed by atoms with van der Waals surface area (Å²) in [4.78, 5) is 11.9. The van der Waals surface area contributed by atoms with Gasteiger partial charge in [-0.05, 0) is 12.7 Å². The average Bonchev–Trinajstić information content (AvgIpc) is 2.37. The number of rotatable bonds is 7. The van der Waals surface area contributed by atoms with Gasteiger partial charge in [0.25, 0.3) is 5.56 Å². The molecule has 0 fully saturated rings. The van der Waals surface area contributed by atoms with E-state index in [1.54, 1.807) is 24.0 Å². The first-order chi connectivity index (χ1) is 8.63. The second-order valence-electron chi connectivity index (χ2n) is 3.85. The maximum atomic E-state index is 11.9. The van der Waals surface area contributed by atoms with Crippen LogP contribution in [-0.4, -0.2) is 27.8 Å². The fraction of sp³-hybridized carbons (Fsp3) is 0.500. The van der Waals surface area contributed by atoms with Crippen molar-refractivity contribution >= 4 is 29.1 Å². The van der Waals surface area contributed by atoms with Crippen molar-refractivity contribution in [3.63, 3.8) is 0 Å². The van der Waals surface area contributed by atoms with Crippen molar-refractivity contribution in [1.82, 2.24) is 9.78 Å².